The molecule has 0 fully saturated rings. The third-order valence-corrected chi connectivity index (χ3v) is 4.78. The molecule has 2 N–H and O–H groups in total. The molecule has 0 saturated heterocycles. The molecule has 0 heterocycles. The molecule has 0 aliphatic carbocycles. The van der Waals surface area contributed by atoms with Gasteiger partial charge in [0.2, 0.25) is 5.91 Å². The highest BCUT2D eigenvalue weighted by molar-refractivity contribution is 6.31. The Bertz CT molecular complexity index is 854. The smallest absolute Gasteiger partial charge is 0.241 e. The number of methoxy groups -OCH3 is 2. The molecule has 2 aromatic rings. The summed E-state index contributed by atoms with van der Waals surface area (Å²) in [5.41, 5.74) is 2.04. The van der Waals surface area contributed by atoms with E-state index in [-0.39, 0.29) is 12.5 Å². The first-order chi connectivity index (χ1) is 14.4. The number of ether oxygens (including phenoxy) is 2. The van der Waals surface area contributed by atoms with Gasteiger partial charge in [0.25, 0.3) is 0 Å². The predicted molar refractivity (Wildman–Crippen MR) is 121 cm³/mol. The molecule has 0 atom stereocenters. The van der Waals surface area contributed by atoms with E-state index in [1.54, 1.807) is 34.4 Å². The van der Waals surface area contributed by atoms with Crippen molar-refractivity contribution in [3.05, 3.63) is 58.6 Å². The zero-order valence-electron chi connectivity index (χ0n) is 17.9. The number of halogens is 1. The van der Waals surface area contributed by atoms with Crippen molar-refractivity contribution in [3.8, 4) is 11.5 Å². The lowest BCUT2D eigenvalue weighted by Gasteiger charge is -2.15. The van der Waals surface area contributed by atoms with Crippen LogP contribution in [0.4, 0.5) is 0 Å². The molecule has 7 nitrogen and oxygen atoms in total. The van der Waals surface area contributed by atoms with Crippen molar-refractivity contribution in [3.63, 3.8) is 0 Å². The molecule has 0 aliphatic rings. The molecule has 1 amide bonds. The predicted octanol–water partition coefficient (Wildman–Crippen LogP) is 2.72. The molecule has 8 heteroatoms. The maximum atomic E-state index is 11.9. The fraction of sp³-hybridized carbons (Fsp3) is 0.364. The van der Waals surface area contributed by atoms with Crippen LogP contribution in [-0.2, 0) is 17.8 Å². The van der Waals surface area contributed by atoms with Gasteiger partial charge < -0.3 is 25.0 Å². The van der Waals surface area contributed by atoms with E-state index in [1.165, 1.54) is 4.90 Å². The average molecular weight is 433 g/mol. The fourth-order valence-corrected chi connectivity index (χ4v) is 2.83. The van der Waals surface area contributed by atoms with Crippen LogP contribution in [0.25, 0.3) is 0 Å². The molecular weight excluding hydrogens is 404 g/mol. The van der Waals surface area contributed by atoms with Crippen molar-refractivity contribution < 1.29 is 14.3 Å². The molecule has 0 radical (unpaired) electrons. The second-order valence-electron chi connectivity index (χ2n) is 6.79. The van der Waals surface area contributed by atoms with Crippen molar-refractivity contribution in [2.24, 2.45) is 4.99 Å². The van der Waals surface area contributed by atoms with Gasteiger partial charge in [-0.25, -0.2) is 4.99 Å². The van der Waals surface area contributed by atoms with Crippen molar-refractivity contribution in [2.45, 2.75) is 13.0 Å². The van der Waals surface area contributed by atoms with Gasteiger partial charge in [0, 0.05) is 25.7 Å². The van der Waals surface area contributed by atoms with Gasteiger partial charge in [-0.2, -0.15) is 0 Å². The van der Waals surface area contributed by atoms with Gasteiger partial charge in [-0.05, 0) is 41.8 Å². The van der Waals surface area contributed by atoms with Crippen LogP contribution in [0.15, 0.2) is 47.5 Å². The maximum Gasteiger partial charge on any atom is 0.241 e. The number of carbonyl (C=O) groups is 1. The molecule has 0 aromatic heterocycles. The number of aliphatic imine (C=N–C) groups is 1. The fourth-order valence-electron chi connectivity index (χ4n) is 2.57. The molecule has 0 aliphatic heterocycles. The van der Waals surface area contributed by atoms with Gasteiger partial charge in [-0.3, -0.25) is 4.79 Å². The summed E-state index contributed by atoms with van der Waals surface area (Å²) < 4.78 is 10.4. The molecule has 0 unspecified atom stereocenters. The van der Waals surface area contributed by atoms with Gasteiger partial charge in [0.05, 0.1) is 27.3 Å². The minimum Gasteiger partial charge on any atom is -0.497 e. The second kappa shape index (κ2) is 11.9. The Morgan fingerprint density at radius 3 is 2.30 bits per heavy atom. The van der Waals surface area contributed by atoms with E-state index in [0.717, 1.165) is 22.6 Å². The molecule has 2 aromatic carbocycles. The van der Waals surface area contributed by atoms with Gasteiger partial charge in [-0.1, -0.05) is 29.8 Å². The van der Waals surface area contributed by atoms with Gasteiger partial charge in [0.1, 0.15) is 11.5 Å². The summed E-state index contributed by atoms with van der Waals surface area (Å²) in [5, 5.41) is 7.00. The van der Waals surface area contributed by atoms with Crippen molar-refractivity contribution in [1.29, 1.82) is 0 Å². The number of hydrogen-bond donors (Lipinski definition) is 2. The largest absolute Gasteiger partial charge is 0.497 e. The van der Waals surface area contributed by atoms with E-state index in [4.69, 9.17) is 21.1 Å². The molecular formula is C22H29ClN4O3. The Balaban J connectivity index is 1.99. The highest BCUT2D eigenvalue weighted by Crippen LogP contribution is 2.22. The quantitative estimate of drug-likeness (QED) is 0.470. The molecule has 0 spiro atoms. The summed E-state index contributed by atoms with van der Waals surface area (Å²) in [6.45, 7) is 1.24. The van der Waals surface area contributed by atoms with Gasteiger partial charge >= 0.3 is 0 Å². The third kappa shape index (κ3) is 7.48. The zero-order chi connectivity index (χ0) is 21.9. The first-order valence-electron chi connectivity index (χ1n) is 9.60. The average Bonchev–Trinajstić information content (AvgIpc) is 2.76. The summed E-state index contributed by atoms with van der Waals surface area (Å²) >= 11 is 6.31. The standard InChI is InChI=1S/C22H29ClN4O3/c1-27(2)21(28)15-26-22(25-14-16-5-8-18(29-3)9-6-16)24-12-11-17-7-10-19(30-4)13-20(17)23/h5-10,13H,11-12,14-15H2,1-4H3,(H2,24,25,26). The number of hydrogen-bond acceptors (Lipinski definition) is 4. The van der Waals surface area contributed by atoms with Crippen molar-refractivity contribution in [1.82, 2.24) is 15.5 Å². The number of amides is 1. The van der Waals surface area contributed by atoms with E-state index in [9.17, 15) is 4.79 Å². The van der Waals surface area contributed by atoms with E-state index in [2.05, 4.69) is 15.6 Å². The highest BCUT2D eigenvalue weighted by Gasteiger charge is 2.07. The Hall–Kier alpha value is -2.93. The van der Waals surface area contributed by atoms with E-state index in [1.807, 2.05) is 36.4 Å². The number of carbonyl (C=O) groups excluding carboxylic acids is 1. The Morgan fingerprint density at radius 2 is 1.70 bits per heavy atom. The number of rotatable bonds is 9. The van der Waals surface area contributed by atoms with Crippen LogP contribution in [0.5, 0.6) is 11.5 Å². The van der Waals surface area contributed by atoms with E-state index < -0.39 is 0 Å². The molecule has 162 valence electrons. The van der Waals surface area contributed by atoms with Gasteiger partial charge in [-0.15, -0.1) is 0 Å². The molecule has 0 saturated carbocycles. The van der Waals surface area contributed by atoms with Crippen molar-refractivity contribution in [2.75, 3.05) is 41.4 Å². The lowest BCUT2D eigenvalue weighted by Crippen LogP contribution is -2.43. The van der Waals surface area contributed by atoms with E-state index >= 15 is 0 Å². The molecule has 0 bridgehead atoms. The summed E-state index contributed by atoms with van der Waals surface area (Å²) in [6.07, 6.45) is 0.702. The number of likely N-dealkylation sites (N-methyl/N-ethyl adjacent to an activating group) is 1. The van der Waals surface area contributed by atoms with Crippen LogP contribution < -0.4 is 20.1 Å². The Labute approximate surface area is 183 Å². The van der Waals surface area contributed by atoms with Crippen molar-refractivity contribution >= 4 is 23.5 Å². The lowest BCUT2D eigenvalue weighted by atomic mass is 10.1. The number of nitrogens with one attached hydrogen (secondary N) is 2. The summed E-state index contributed by atoms with van der Waals surface area (Å²) in [7, 11) is 6.68. The van der Waals surface area contributed by atoms with Crippen LogP contribution in [-0.4, -0.2) is 58.2 Å². The molecule has 2 rings (SSSR count). The SMILES string of the molecule is COc1ccc(CN=C(NCCc2ccc(OC)cc2Cl)NCC(=O)N(C)C)cc1. The minimum absolute atomic E-state index is 0.0350. The van der Waals surface area contributed by atoms with Crippen LogP contribution in [0.3, 0.4) is 0 Å². The zero-order valence-corrected chi connectivity index (χ0v) is 18.6. The lowest BCUT2D eigenvalue weighted by molar-refractivity contribution is -0.127. The van der Waals surface area contributed by atoms with Gasteiger partial charge in [0.15, 0.2) is 5.96 Å². The number of nitrogens with zero attached hydrogens (tertiary/aromatic N) is 2. The first-order valence-corrected chi connectivity index (χ1v) is 9.98. The van der Waals surface area contributed by atoms with Crippen LogP contribution in [0.2, 0.25) is 5.02 Å². The normalized spacial score (nSPS) is 11.0. The summed E-state index contributed by atoms with van der Waals surface area (Å²) in [5.74, 6) is 2.05. The second-order valence-corrected chi connectivity index (χ2v) is 7.20. The number of guanidine groups is 1. The molecule has 30 heavy (non-hydrogen) atoms. The topological polar surface area (TPSA) is 75.2 Å². The highest BCUT2D eigenvalue weighted by atomic mass is 35.5. The number of benzene rings is 2. The Kier molecular flexibility index (Phi) is 9.28. The monoisotopic (exact) mass is 432 g/mol. The van der Waals surface area contributed by atoms with Crippen LogP contribution >= 0.6 is 11.6 Å². The maximum absolute atomic E-state index is 11.9. The summed E-state index contributed by atoms with van der Waals surface area (Å²) in [6, 6.07) is 13.3. The van der Waals surface area contributed by atoms with Crippen LogP contribution in [0.1, 0.15) is 11.1 Å². The van der Waals surface area contributed by atoms with Crippen LogP contribution in [0, 0.1) is 0 Å². The minimum atomic E-state index is -0.0350. The summed E-state index contributed by atoms with van der Waals surface area (Å²) in [4.78, 5) is 18.1. The van der Waals surface area contributed by atoms with E-state index in [0.29, 0.717) is 30.5 Å². The third-order valence-electron chi connectivity index (χ3n) is 4.43. The first kappa shape index (κ1) is 23.3. The Morgan fingerprint density at radius 1 is 1.03 bits per heavy atom.